The van der Waals surface area contributed by atoms with Gasteiger partial charge in [0, 0.05) is 25.8 Å². The van der Waals surface area contributed by atoms with Gasteiger partial charge in [-0.3, -0.25) is 4.79 Å². The molecule has 3 nitrogen and oxygen atoms in total. The molecule has 0 aliphatic carbocycles. The normalized spacial score (nSPS) is 10.6. The Morgan fingerprint density at radius 1 is 0.889 bits per heavy atom. The van der Waals surface area contributed by atoms with Gasteiger partial charge in [-0.05, 0) is 46.9 Å². The van der Waals surface area contributed by atoms with Crippen molar-refractivity contribution in [3.05, 3.63) is 93.4 Å². The molecule has 0 saturated heterocycles. The number of rotatable bonds is 4. The largest absolute Gasteiger partial charge is 0.322 e. The molecule has 3 aromatic carbocycles. The van der Waals surface area contributed by atoms with Crippen LogP contribution in [0, 0.1) is 3.57 Å². The maximum atomic E-state index is 12.5. The number of carbonyl (C=O) groups is 1. The molecule has 1 amide bonds. The summed E-state index contributed by atoms with van der Waals surface area (Å²) in [6, 6.07) is 25.5. The van der Waals surface area contributed by atoms with Crippen LogP contribution in [0.25, 0.3) is 21.8 Å². The van der Waals surface area contributed by atoms with Crippen LogP contribution in [0.5, 0.6) is 0 Å². The first kappa shape index (κ1) is 17.9. The van der Waals surface area contributed by atoms with Crippen molar-refractivity contribution in [1.82, 2.24) is 4.98 Å². The van der Waals surface area contributed by atoms with Gasteiger partial charge in [-0.15, -0.1) is 11.3 Å². The Morgan fingerprint density at radius 2 is 1.63 bits per heavy atom. The molecule has 0 bridgehead atoms. The van der Waals surface area contributed by atoms with Crippen LogP contribution < -0.4 is 5.32 Å². The van der Waals surface area contributed by atoms with Gasteiger partial charge in [-0.2, -0.15) is 0 Å². The van der Waals surface area contributed by atoms with E-state index >= 15 is 0 Å². The molecule has 1 aromatic heterocycles. The van der Waals surface area contributed by atoms with Crippen molar-refractivity contribution in [3.63, 3.8) is 0 Å². The fourth-order valence-electron chi connectivity index (χ4n) is 2.72. The van der Waals surface area contributed by atoms with Crippen molar-refractivity contribution >= 4 is 45.5 Å². The molecule has 1 N–H and O–H groups in total. The van der Waals surface area contributed by atoms with Gasteiger partial charge < -0.3 is 5.32 Å². The third-order valence-corrected chi connectivity index (χ3v) is 5.89. The van der Waals surface area contributed by atoms with Crippen LogP contribution in [0.1, 0.15) is 10.4 Å². The van der Waals surface area contributed by atoms with Gasteiger partial charge in [0.15, 0.2) is 0 Å². The van der Waals surface area contributed by atoms with Crippen LogP contribution >= 0.6 is 33.9 Å². The fourth-order valence-corrected chi connectivity index (χ4v) is 4.19. The number of hydrogen-bond acceptors (Lipinski definition) is 3. The van der Waals surface area contributed by atoms with E-state index in [0.29, 0.717) is 5.56 Å². The molecular formula is C22H15IN2OS. The maximum absolute atomic E-state index is 12.5. The van der Waals surface area contributed by atoms with Gasteiger partial charge in [-0.25, -0.2) is 4.98 Å². The molecule has 0 unspecified atom stereocenters. The van der Waals surface area contributed by atoms with E-state index in [9.17, 15) is 4.79 Å². The zero-order valence-electron chi connectivity index (χ0n) is 14.2. The van der Waals surface area contributed by atoms with Crippen molar-refractivity contribution in [2.75, 3.05) is 5.32 Å². The minimum atomic E-state index is -0.111. The molecule has 0 radical (unpaired) electrons. The zero-order valence-corrected chi connectivity index (χ0v) is 17.2. The summed E-state index contributed by atoms with van der Waals surface area (Å²) < 4.78 is 0.927. The summed E-state index contributed by atoms with van der Waals surface area (Å²) in [5.41, 5.74) is 4.42. The lowest BCUT2D eigenvalue weighted by Gasteiger charge is -2.08. The number of benzene rings is 3. The van der Waals surface area contributed by atoms with Gasteiger partial charge in [-0.1, -0.05) is 54.6 Å². The second-order valence-electron chi connectivity index (χ2n) is 5.92. The maximum Gasteiger partial charge on any atom is 0.256 e. The van der Waals surface area contributed by atoms with Gasteiger partial charge in [0.25, 0.3) is 5.91 Å². The number of hydrogen-bond donors (Lipinski definition) is 1. The predicted molar refractivity (Wildman–Crippen MR) is 120 cm³/mol. The average molecular weight is 482 g/mol. The molecule has 0 atom stereocenters. The number of nitrogens with one attached hydrogen (secondary N) is 1. The lowest BCUT2D eigenvalue weighted by molar-refractivity contribution is 0.102. The highest BCUT2D eigenvalue weighted by Gasteiger charge is 2.11. The molecule has 1 heterocycles. The molecular weight excluding hydrogens is 467 g/mol. The summed E-state index contributed by atoms with van der Waals surface area (Å²) in [4.78, 5) is 17.3. The van der Waals surface area contributed by atoms with Gasteiger partial charge in [0.2, 0.25) is 0 Å². The second-order valence-corrected chi connectivity index (χ2v) is 7.94. The summed E-state index contributed by atoms with van der Waals surface area (Å²) in [6.45, 7) is 0. The van der Waals surface area contributed by atoms with Crippen molar-refractivity contribution in [3.8, 4) is 21.8 Å². The summed E-state index contributed by atoms with van der Waals surface area (Å²) in [7, 11) is 0. The molecule has 0 aliphatic rings. The standard InChI is InChI=1S/C22H15IN2OS/c23-19-12-5-4-11-18(19)21(26)24-17-10-6-9-16(13-17)20-14-27-22(25-20)15-7-2-1-3-8-15/h1-14H,(H,24,26). The highest BCUT2D eigenvalue weighted by molar-refractivity contribution is 14.1. The monoisotopic (exact) mass is 482 g/mol. The van der Waals surface area contributed by atoms with E-state index in [1.54, 1.807) is 11.3 Å². The van der Waals surface area contributed by atoms with E-state index in [4.69, 9.17) is 4.98 Å². The third-order valence-electron chi connectivity index (χ3n) is 4.06. The SMILES string of the molecule is O=C(Nc1cccc(-c2csc(-c3ccccc3)n2)c1)c1ccccc1I. The summed E-state index contributed by atoms with van der Waals surface area (Å²) in [6.07, 6.45) is 0. The summed E-state index contributed by atoms with van der Waals surface area (Å²) in [5, 5.41) is 6.01. The topological polar surface area (TPSA) is 42.0 Å². The minimum absolute atomic E-state index is 0.111. The zero-order chi connectivity index (χ0) is 18.6. The smallest absolute Gasteiger partial charge is 0.256 e. The van der Waals surface area contributed by atoms with E-state index in [1.807, 2.05) is 72.1 Å². The third kappa shape index (κ3) is 4.09. The Bertz CT molecular complexity index is 1090. The summed E-state index contributed by atoms with van der Waals surface area (Å²) >= 11 is 3.79. The van der Waals surface area contributed by atoms with E-state index in [2.05, 4.69) is 40.0 Å². The molecule has 0 spiro atoms. The highest BCUT2D eigenvalue weighted by Crippen LogP contribution is 2.30. The van der Waals surface area contributed by atoms with E-state index < -0.39 is 0 Å². The Hall–Kier alpha value is -2.51. The minimum Gasteiger partial charge on any atom is -0.322 e. The van der Waals surface area contributed by atoms with Crippen LogP contribution in [0.2, 0.25) is 0 Å². The number of amides is 1. The lowest BCUT2D eigenvalue weighted by atomic mass is 10.1. The van der Waals surface area contributed by atoms with Crippen molar-refractivity contribution < 1.29 is 4.79 Å². The first-order valence-electron chi connectivity index (χ1n) is 8.38. The molecule has 4 rings (SSSR count). The molecule has 0 aliphatic heterocycles. The van der Waals surface area contributed by atoms with Crippen LogP contribution in [-0.4, -0.2) is 10.9 Å². The Morgan fingerprint density at radius 3 is 2.44 bits per heavy atom. The van der Waals surface area contributed by atoms with Crippen LogP contribution in [0.15, 0.2) is 84.2 Å². The molecule has 0 fully saturated rings. The van der Waals surface area contributed by atoms with Crippen molar-refractivity contribution in [1.29, 1.82) is 0 Å². The van der Waals surface area contributed by atoms with Crippen molar-refractivity contribution in [2.45, 2.75) is 0 Å². The molecule has 132 valence electrons. The molecule has 27 heavy (non-hydrogen) atoms. The number of anilines is 1. The lowest BCUT2D eigenvalue weighted by Crippen LogP contribution is -2.13. The van der Waals surface area contributed by atoms with E-state index in [0.717, 1.165) is 31.1 Å². The predicted octanol–water partition coefficient (Wildman–Crippen LogP) is 6.33. The Balaban J connectivity index is 1.57. The second kappa shape index (κ2) is 8.02. The quantitative estimate of drug-likeness (QED) is 0.345. The van der Waals surface area contributed by atoms with Gasteiger partial charge in [0.1, 0.15) is 5.01 Å². The van der Waals surface area contributed by atoms with Gasteiger partial charge in [0.05, 0.1) is 11.3 Å². The number of nitrogens with zero attached hydrogens (tertiary/aromatic N) is 1. The number of halogens is 1. The Labute approximate surface area is 175 Å². The highest BCUT2D eigenvalue weighted by atomic mass is 127. The molecule has 4 aromatic rings. The number of aromatic nitrogens is 1. The van der Waals surface area contributed by atoms with E-state index in [1.165, 1.54) is 0 Å². The average Bonchev–Trinajstić information content (AvgIpc) is 3.19. The number of carbonyl (C=O) groups excluding carboxylic acids is 1. The first-order chi connectivity index (χ1) is 13.2. The first-order valence-corrected chi connectivity index (χ1v) is 10.3. The van der Waals surface area contributed by atoms with Crippen LogP contribution in [0.4, 0.5) is 5.69 Å². The Kier molecular flexibility index (Phi) is 5.31. The molecule has 0 saturated carbocycles. The van der Waals surface area contributed by atoms with Crippen molar-refractivity contribution in [2.24, 2.45) is 0 Å². The van der Waals surface area contributed by atoms with Crippen LogP contribution in [0.3, 0.4) is 0 Å². The number of thiazole rings is 1. The molecule has 5 heteroatoms. The fraction of sp³-hybridized carbons (Fsp3) is 0. The van der Waals surface area contributed by atoms with Crippen LogP contribution in [-0.2, 0) is 0 Å². The summed E-state index contributed by atoms with van der Waals surface area (Å²) in [5.74, 6) is -0.111. The van der Waals surface area contributed by atoms with Gasteiger partial charge >= 0.3 is 0 Å². The van der Waals surface area contributed by atoms with E-state index in [-0.39, 0.29) is 5.91 Å².